The number of rotatable bonds is 5. The Morgan fingerprint density at radius 3 is 1.93 bits per heavy atom. The van der Waals surface area contributed by atoms with Gasteiger partial charge in [0.1, 0.15) is 0 Å². The molecule has 1 saturated carbocycles. The van der Waals surface area contributed by atoms with Gasteiger partial charge in [-0.25, -0.2) is 0 Å². The van der Waals surface area contributed by atoms with Crippen molar-refractivity contribution in [1.82, 2.24) is 9.80 Å². The molecule has 2 aliphatic rings. The predicted molar refractivity (Wildman–Crippen MR) is 122 cm³/mol. The normalized spacial score (nSPS) is 22.3. The third-order valence-corrected chi connectivity index (χ3v) is 6.66. The van der Waals surface area contributed by atoms with Gasteiger partial charge in [0.25, 0.3) is 0 Å². The Balaban J connectivity index is 0.00000240. The summed E-state index contributed by atoms with van der Waals surface area (Å²) < 4.78 is 0. The lowest BCUT2D eigenvalue weighted by Crippen LogP contribution is -2.54. The largest absolute Gasteiger partial charge is 0.340 e. The molecule has 1 heterocycles. The number of carbonyl (C=O) groups excluding carboxylic acids is 1. The molecule has 4 heteroatoms. The van der Waals surface area contributed by atoms with Gasteiger partial charge in [-0.2, -0.15) is 0 Å². The SMILES string of the molecule is CN(C(=O)C(c1ccccc1)c1ccccc1)C1CCCCC1N1CCCC1.Cl. The molecule has 0 bridgehead atoms. The van der Waals surface area contributed by atoms with Crippen LogP contribution in [-0.4, -0.2) is 47.9 Å². The van der Waals surface area contributed by atoms with Crippen LogP contribution >= 0.6 is 12.4 Å². The van der Waals surface area contributed by atoms with E-state index in [4.69, 9.17) is 0 Å². The van der Waals surface area contributed by atoms with Crippen LogP contribution in [0.15, 0.2) is 60.7 Å². The molecule has 0 radical (unpaired) electrons. The van der Waals surface area contributed by atoms with Crippen molar-refractivity contribution >= 4 is 18.3 Å². The molecule has 1 aliphatic heterocycles. The Morgan fingerprint density at radius 1 is 0.862 bits per heavy atom. The van der Waals surface area contributed by atoms with Gasteiger partial charge in [-0.15, -0.1) is 12.4 Å². The molecule has 0 N–H and O–H groups in total. The number of carbonyl (C=O) groups is 1. The molecule has 156 valence electrons. The molecular weight excluding hydrogens is 380 g/mol. The fourth-order valence-corrected chi connectivity index (χ4v) is 5.18. The van der Waals surface area contributed by atoms with Crippen molar-refractivity contribution in [3.63, 3.8) is 0 Å². The molecular formula is C25H33ClN2O. The van der Waals surface area contributed by atoms with Crippen molar-refractivity contribution in [3.05, 3.63) is 71.8 Å². The Morgan fingerprint density at radius 2 is 1.38 bits per heavy atom. The van der Waals surface area contributed by atoms with E-state index in [-0.39, 0.29) is 24.2 Å². The van der Waals surface area contributed by atoms with Crippen molar-refractivity contribution < 1.29 is 4.79 Å². The van der Waals surface area contributed by atoms with Gasteiger partial charge < -0.3 is 4.90 Å². The van der Waals surface area contributed by atoms with Crippen LogP contribution in [-0.2, 0) is 4.79 Å². The average molecular weight is 413 g/mol. The first kappa shape index (κ1) is 21.9. The molecule has 1 saturated heterocycles. The zero-order valence-corrected chi connectivity index (χ0v) is 18.2. The molecule has 0 spiro atoms. The number of hydrogen-bond donors (Lipinski definition) is 0. The molecule has 2 aromatic rings. The molecule has 3 nitrogen and oxygen atoms in total. The molecule has 1 aliphatic carbocycles. The number of benzene rings is 2. The summed E-state index contributed by atoms with van der Waals surface area (Å²) in [7, 11) is 2.04. The van der Waals surface area contributed by atoms with E-state index in [0.29, 0.717) is 12.1 Å². The average Bonchev–Trinajstić information content (AvgIpc) is 3.30. The number of likely N-dealkylation sites (N-methyl/N-ethyl adjacent to an activating group) is 1. The number of hydrogen-bond acceptors (Lipinski definition) is 2. The third-order valence-electron chi connectivity index (χ3n) is 6.66. The van der Waals surface area contributed by atoms with E-state index in [9.17, 15) is 4.79 Å². The lowest BCUT2D eigenvalue weighted by atomic mass is 9.85. The van der Waals surface area contributed by atoms with Gasteiger partial charge in [0.15, 0.2) is 0 Å². The van der Waals surface area contributed by atoms with Crippen LogP contribution in [0.1, 0.15) is 55.6 Å². The summed E-state index contributed by atoms with van der Waals surface area (Å²) in [6, 6.07) is 21.4. The second kappa shape index (κ2) is 10.3. The minimum atomic E-state index is -0.228. The maximum Gasteiger partial charge on any atom is 0.234 e. The van der Waals surface area contributed by atoms with Crippen LogP contribution in [0.5, 0.6) is 0 Å². The first-order valence-corrected chi connectivity index (χ1v) is 10.9. The lowest BCUT2D eigenvalue weighted by Gasteiger charge is -2.43. The van der Waals surface area contributed by atoms with E-state index in [1.807, 2.05) is 43.4 Å². The van der Waals surface area contributed by atoms with E-state index in [0.717, 1.165) is 17.5 Å². The van der Waals surface area contributed by atoms with Crippen LogP contribution in [0.4, 0.5) is 0 Å². The van der Waals surface area contributed by atoms with Crippen LogP contribution in [0.3, 0.4) is 0 Å². The Kier molecular flexibility index (Phi) is 7.74. The smallest absolute Gasteiger partial charge is 0.234 e. The number of amides is 1. The van der Waals surface area contributed by atoms with Gasteiger partial charge >= 0.3 is 0 Å². The Hall–Kier alpha value is -1.84. The van der Waals surface area contributed by atoms with E-state index >= 15 is 0 Å². The topological polar surface area (TPSA) is 23.6 Å². The predicted octanol–water partition coefficient (Wildman–Crippen LogP) is 5.11. The van der Waals surface area contributed by atoms with Gasteiger partial charge in [0.05, 0.1) is 5.92 Å². The van der Waals surface area contributed by atoms with Gasteiger partial charge in [-0.3, -0.25) is 9.69 Å². The number of halogens is 1. The number of likely N-dealkylation sites (tertiary alicyclic amines) is 1. The maximum atomic E-state index is 13.8. The van der Waals surface area contributed by atoms with Gasteiger partial charge in [-0.1, -0.05) is 73.5 Å². The van der Waals surface area contributed by atoms with Crippen LogP contribution in [0.25, 0.3) is 0 Å². The van der Waals surface area contributed by atoms with Crippen LogP contribution in [0, 0.1) is 0 Å². The summed E-state index contributed by atoms with van der Waals surface area (Å²) in [5, 5.41) is 0. The monoisotopic (exact) mass is 412 g/mol. The Bertz CT molecular complexity index is 721. The van der Waals surface area contributed by atoms with E-state index in [1.165, 1.54) is 45.2 Å². The summed E-state index contributed by atoms with van der Waals surface area (Å²) in [5.41, 5.74) is 2.16. The minimum absolute atomic E-state index is 0. The highest BCUT2D eigenvalue weighted by Crippen LogP contribution is 2.33. The van der Waals surface area contributed by atoms with Crippen molar-refractivity contribution in [2.75, 3.05) is 20.1 Å². The zero-order chi connectivity index (χ0) is 19.3. The molecule has 29 heavy (non-hydrogen) atoms. The van der Waals surface area contributed by atoms with Crippen molar-refractivity contribution in [1.29, 1.82) is 0 Å². The summed E-state index contributed by atoms with van der Waals surface area (Å²) in [6.45, 7) is 2.40. The van der Waals surface area contributed by atoms with Crippen molar-refractivity contribution in [2.45, 2.75) is 56.5 Å². The highest BCUT2D eigenvalue weighted by molar-refractivity contribution is 5.87. The van der Waals surface area contributed by atoms with Crippen molar-refractivity contribution in [2.24, 2.45) is 0 Å². The molecule has 2 atom stereocenters. The Labute approximate surface area is 181 Å². The van der Waals surface area contributed by atoms with E-state index in [2.05, 4.69) is 34.1 Å². The fourth-order valence-electron chi connectivity index (χ4n) is 5.18. The van der Waals surface area contributed by atoms with E-state index in [1.54, 1.807) is 0 Å². The minimum Gasteiger partial charge on any atom is -0.340 e. The maximum absolute atomic E-state index is 13.8. The summed E-state index contributed by atoms with van der Waals surface area (Å²) in [4.78, 5) is 18.5. The first-order valence-electron chi connectivity index (χ1n) is 10.9. The molecule has 2 unspecified atom stereocenters. The molecule has 4 rings (SSSR count). The quantitative estimate of drug-likeness (QED) is 0.681. The standard InChI is InChI=1S/C25H32N2O.ClH/c1-26(22-16-8-9-17-23(22)27-18-10-11-19-27)25(28)24(20-12-4-2-5-13-20)21-14-6-3-7-15-21;/h2-7,12-15,22-24H,8-11,16-19H2,1H3;1H. The number of nitrogens with zero attached hydrogens (tertiary/aromatic N) is 2. The van der Waals surface area contributed by atoms with Gasteiger partial charge in [0, 0.05) is 19.1 Å². The summed E-state index contributed by atoms with van der Waals surface area (Å²) in [6.07, 6.45) is 7.48. The molecule has 1 amide bonds. The van der Waals surface area contributed by atoms with E-state index < -0.39 is 0 Å². The van der Waals surface area contributed by atoms with Crippen LogP contribution < -0.4 is 0 Å². The van der Waals surface area contributed by atoms with Crippen LogP contribution in [0.2, 0.25) is 0 Å². The summed E-state index contributed by atoms with van der Waals surface area (Å²) >= 11 is 0. The zero-order valence-electron chi connectivity index (χ0n) is 17.4. The lowest BCUT2D eigenvalue weighted by molar-refractivity contribution is -0.134. The second-order valence-electron chi connectivity index (χ2n) is 8.37. The highest BCUT2D eigenvalue weighted by atomic mass is 35.5. The fraction of sp³-hybridized carbons (Fsp3) is 0.480. The summed E-state index contributed by atoms with van der Waals surface area (Å²) in [5.74, 6) is 0.00190. The molecule has 0 aromatic heterocycles. The first-order chi connectivity index (χ1) is 13.8. The molecule has 2 fully saturated rings. The van der Waals surface area contributed by atoms with Gasteiger partial charge in [-0.05, 0) is 49.9 Å². The third kappa shape index (κ3) is 4.84. The molecule has 2 aromatic carbocycles. The van der Waals surface area contributed by atoms with Crippen molar-refractivity contribution in [3.8, 4) is 0 Å². The van der Waals surface area contributed by atoms with Gasteiger partial charge in [0.2, 0.25) is 5.91 Å². The highest BCUT2D eigenvalue weighted by Gasteiger charge is 2.37. The second-order valence-corrected chi connectivity index (χ2v) is 8.37.